The van der Waals surface area contributed by atoms with E-state index in [2.05, 4.69) is 29.3 Å². The van der Waals surface area contributed by atoms with Crippen LogP contribution >= 0.6 is 24.0 Å². The van der Waals surface area contributed by atoms with Crippen LogP contribution in [-0.2, 0) is 4.79 Å². The van der Waals surface area contributed by atoms with Gasteiger partial charge in [0, 0.05) is 24.5 Å². The number of hydrogen-bond donors (Lipinski definition) is 1. The lowest BCUT2D eigenvalue weighted by atomic mass is 9.99. The number of nitrogens with one attached hydrogen (secondary N) is 1. The molecule has 106 valence electrons. The van der Waals surface area contributed by atoms with E-state index in [0.29, 0.717) is 0 Å². The van der Waals surface area contributed by atoms with Crippen molar-refractivity contribution in [1.82, 2.24) is 0 Å². The summed E-state index contributed by atoms with van der Waals surface area (Å²) in [5.41, 5.74) is 2.03. The van der Waals surface area contributed by atoms with Gasteiger partial charge in [-0.25, -0.2) is 0 Å². The molecule has 1 aromatic rings. The molecule has 0 atom stereocenters. The molecular weight excluding hydrogens is 283 g/mol. The van der Waals surface area contributed by atoms with Gasteiger partial charge < -0.3 is 10.2 Å². The van der Waals surface area contributed by atoms with Crippen molar-refractivity contribution in [1.29, 1.82) is 0 Å². The Labute approximate surface area is 125 Å². The second-order valence-electron chi connectivity index (χ2n) is 4.90. The summed E-state index contributed by atoms with van der Waals surface area (Å²) < 4.78 is 0. The van der Waals surface area contributed by atoms with Crippen molar-refractivity contribution in [3.8, 4) is 0 Å². The molecule has 0 radical (unpaired) electrons. The molecule has 0 bridgehead atoms. The van der Waals surface area contributed by atoms with Crippen LogP contribution in [0.25, 0.3) is 0 Å². The number of carbonyl (C=O) groups is 1. The third-order valence-electron chi connectivity index (χ3n) is 3.42. The maximum Gasteiger partial charge on any atom is 0.239 e. The molecule has 1 saturated heterocycles. The molecule has 1 amide bonds. The molecule has 1 aliphatic rings. The van der Waals surface area contributed by atoms with Crippen LogP contribution in [0.3, 0.4) is 0 Å². The van der Waals surface area contributed by atoms with Gasteiger partial charge in [0.25, 0.3) is 0 Å². The molecular formula is C14H20Cl2N2O. The number of carbonyl (C=O) groups excluding carboxylic acids is 1. The van der Waals surface area contributed by atoms with Crippen molar-refractivity contribution in [3.05, 3.63) is 24.3 Å². The predicted molar refractivity (Wildman–Crippen MR) is 83.7 cm³/mol. The largest absolute Gasteiger partial charge is 0.372 e. The Morgan fingerprint density at radius 3 is 2.42 bits per heavy atom. The molecule has 5 heteroatoms. The summed E-state index contributed by atoms with van der Waals surface area (Å²) in [6.45, 7) is 4.55. The smallest absolute Gasteiger partial charge is 0.239 e. The molecule has 3 nitrogen and oxygen atoms in total. The van der Waals surface area contributed by atoms with Gasteiger partial charge in [-0.1, -0.05) is 6.92 Å². The van der Waals surface area contributed by atoms with Crippen LogP contribution in [-0.4, -0.2) is 24.9 Å². The minimum Gasteiger partial charge on any atom is -0.372 e. The summed E-state index contributed by atoms with van der Waals surface area (Å²) in [4.78, 5) is 13.5. The van der Waals surface area contributed by atoms with Crippen LogP contribution in [0.5, 0.6) is 0 Å². The zero-order valence-electron chi connectivity index (χ0n) is 11.1. The average molecular weight is 303 g/mol. The molecule has 1 aliphatic heterocycles. The topological polar surface area (TPSA) is 32.3 Å². The number of nitrogens with zero attached hydrogens (tertiary/aromatic N) is 1. The van der Waals surface area contributed by atoms with Crippen LogP contribution in [0.4, 0.5) is 11.4 Å². The lowest BCUT2D eigenvalue weighted by Gasteiger charge is -2.32. The molecule has 0 unspecified atom stereocenters. The number of benzene rings is 1. The highest BCUT2D eigenvalue weighted by Gasteiger charge is 2.15. The van der Waals surface area contributed by atoms with Crippen LogP contribution in [0.15, 0.2) is 24.3 Å². The standard InChI is InChI=1S/C14H19ClN2O.ClH/c1-11-6-8-17(9-7-11)13-4-2-12(3-5-13)16-14(18)10-15;/h2-5,11H,6-10H2,1H3,(H,16,18);1H. The Morgan fingerprint density at radius 2 is 1.89 bits per heavy atom. The lowest BCUT2D eigenvalue weighted by molar-refractivity contribution is -0.113. The SMILES string of the molecule is CC1CCN(c2ccc(NC(=O)CCl)cc2)CC1.Cl. The lowest BCUT2D eigenvalue weighted by Crippen LogP contribution is -2.32. The Hall–Kier alpha value is -0.930. The van der Waals surface area contributed by atoms with Gasteiger partial charge in [-0.3, -0.25) is 4.79 Å². The van der Waals surface area contributed by atoms with Crippen molar-refractivity contribution in [3.63, 3.8) is 0 Å². The van der Waals surface area contributed by atoms with E-state index in [1.54, 1.807) is 0 Å². The van der Waals surface area contributed by atoms with Gasteiger partial charge >= 0.3 is 0 Å². The Bertz CT molecular complexity index is 400. The van der Waals surface area contributed by atoms with Gasteiger partial charge in [0.2, 0.25) is 5.91 Å². The second kappa shape index (κ2) is 7.61. The van der Waals surface area contributed by atoms with Crippen LogP contribution in [0.2, 0.25) is 0 Å². The quantitative estimate of drug-likeness (QED) is 0.867. The molecule has 19 heavy (non-hydrogen) atoms. The van der Waals surface area contributed by atoms with Gasteiger partial charge in [0.1, 0.15) is 5.88 Å². The molecule has 1 N–H and O–H groups in total. The monoisotopic (exact) mass is 302 g/mol. The number of amides is 1. The number of piperidine rings is 1. The van der Waals surface area contributed by atoms with Crippen LogP contribution < -0.4 is 10.2 Å². The van der Waals surface area contributed by atoms with Gasteiger partial charge in [-0.05, 0) is 43.0 Å². The van der Waals surface area contributed by atoms with E-state index in [0.717, 1.165) is 24.7 Å². The summed E-state index contributed by atoms with van der Waals surface area (Å²) in [6.07, 6.45) is 2.51. The molecule has 0 aliphatic carbocycles. The van der Waals surface area contributed by atoms with Crippen molar-refractivity contribution < 1.29 is 4.79 Å². The maximum atomic E-state index is 11.2. The summed E-state index contributed by atoms with van der Waals surface area (Å²) >= 11 is 5.45. The Kier molecular flexibility index (Phi) is 6.46. The van der Waals surface area contributed by atoms with Gasteiger partial charge in [-0.2, -0.15) is 0 Å². The molecule has 0 aromatic heterocycles. The third kappa shape index (κ3) is 4.59. The number of hydrogen-bond acceptors (Lipinski definition) is 2. The number of halogens is 2. The van der Waals surface area contributed by atoms with Crippen molar-refractivity contribution in [2.24, 2.45) is 5.92 Å². The molecule has 1 aromatic carbocycles. The van der Waals surface area contributed by atoms with Gasteiger partial charge in [-0.15, -0.1) is 24.0 Å². The number of rotatable bonds is 3. The first-order valence-electron chi connectivity index (χ1n) is 6.40. The van der Waals surface area contributed by atoms with E-state index < -0.39 is 0 Å². The highest BCUT2D eigenvalue weighted by Crippen LogP contribution is 2.24. The highest BCUT2D eigenvalue weighted by atomic mass is 35.5. The van der Waals surface area contributed by atoms with Gasteiger partial charge in [0.05, 0.1) is 0 Å². The van der Waals surface area contributed by atoms with Crippen molar-refractivity contribution in [2.75, 3.05) is 29.2 Å². The van der Waals surface area contributed by atoms with E-state index in [1.165, 1.54) is 18.5 Å². The first-order chi connectivity index (χ1) is 8.69. The zero-order valence-corrected chi connectivity index (χ0v) is 12.6. The van der Waals surface area contributed by atoms with Crippen LogP contribution in [0, 0.1) is 5.92 Å². The first kappa shape index (κ1) is 16.1. The summed E-state index contributed by atoms with van der Waals surface area (Å²) in [7, 11) is 0. The van der Waals surface area contributed by atoms with E-state index in [-0.39, 0.29) is 24.2 Å². The fraction of sp³-hybridized carbons (Fsp3) is 0.500. The average Bonchev–Trinajstić information content (AvgIpc) is 2.40. The molecule has 1 fully saturated rings. The summed E-state index contributed by atoms with van der Waals surface area (Å²) in [6, 6.07) is 7.97. The summed E-state index contributed by atoms with van der Waals surface area (Å²) in [5, 5.41) is 2.74. The molecule has 2 rings (SSSR count). The number of alkyl halides is 1. The molecule has 0 spiro atoms. The normalized spacial score (nSPS) is 15.8. The third-order valence-corrected chi connectivity index (χ3v) is 3.66. The summed E-state index contributed by atoms with van der Waals surface area (Å²) in [5.74, 6) is 0.658. The first-order valence-corrected chi connectivity index (χ1v) is 6.93. The Morgan fingerprint density at radius 1 is 1.32 bits per heavy atom. The molecule has 0 saturated carbocycles. The minimum absolute atomic E-state index is 0. The van der Waals surface area contributed by atoms with E-state index in [9.17, 15) is 4.79 Å². The maximum absolute atomic E-state index is 11.2. The number of anilines is 2. The van der Waals surface area contributed by atoms with Crippen LogP contribution in [0.1, 0.15) is 19.8 Å². The zero-order chi connectivity index (χ0) is 13.0. The van der Waals surface area contributed by atoms with Crippen molar-refractivity contribution >= 4 is 41.3 Å². The second-order valence-corrected chi connectivity index (χ2v) is 5.17. The molecule has 1 heterocycles. The van der Waals surface area contributed by atoms with Crippen molar-refractivity contribution in [2.45, 2.75) is 19.8 Å². The van der Waals surface area contributed by atoms with E-state index >= 15 is 0 Å². The minimum atomic E-state index is -0.170. The van der Waals surface area contributed by atoms with Gasteiger partial charge in [0.15, 0.2) is 0 Å². The van der Waals surface area contributed by atoms with E-state index in [4.69, 9.17) is 11.6 Å². The fourth-order valence-corrected chi connectivity index (χ4v) is 2.28. The predicted octanol–water partition coefficient (Wildman–Crippen LogP) is 3.52. The fourth-order valence-electron chi connectivity index (χ4n) is 2.22. The highest BCUT2D eigenvalue weighted by molar-refractivity contribution is 6.29. The van der Waals surface area contributed by atoms with E-state index in [1.807, 2.05) is 12.1 Å². The Balaban J connectivity index is 0.00000180.